The van der Waals surface area contributed by atoms with Crippen LogP contribution < -0.4 is 0 Å². The molecule has 1 heterocycles. The number of aromatic nitrogens is 1. The number of carbonyl (C=O) groups excluding carboxylic acids is 1. The Morgan fingerprint density at radius 3 is 3.00 bits per heavy atom. The van der Waals surface area contributed by atoms with Crippen molar-refractivity contribution in [3.8, 4) is 0 Å². The molecular weight excluding hydrogens is 210 g/mol. The summed E-state index contributed by atoms with van der Waals surface area (Å²) >= 11 is 0. The van der Waals surface area contributed by atoms with Gasteiger partial charge in [-0.1, -0.05) is 18.6 Å². The minimum Gasteiger partial charge on any atom is -0.299 e. The Bertz CT molecular complexity index is 562. The summed E-state index contributed by atoms with van der Waals surface area (Å²) in [4.78, 5) is 16.2. The van der Waals surface area contributed by atoms with Gasteiger partial charge >= 0.3 is 0 Å². The lowest BCUT2D eigenvalue weighted by Gasteiger charge is -2.20. The van der Waals surface area contributed by atoms with Gasteiger partial charge in [-0.25, -0.2) is 0 Å². The molecule has 3 rings (SSSR count). The van der Waals surface area contributed by atoms with Crippen molar-refractivity contribution in [1.82, 2.24) is 4.98 Å². The molecule has 0 amide bonds. The first kappa shape index (κ1) is 10.5. The summed E-state index contributed by atoms with van der Waals surface area (Å²) in [6, 6.07) is 10.2. The quantitative estimate of drug-likeness (QED) is 0.744. The molecule has 0 bridgehead atoms. The second-order valence-corrected chi connectivity index (χ2v) is 4.72. The van der Waals surface area contributed by atoms with Crippen LogP contribution in [0.1, 0.15) is 37.2 Å². The monoisotopic (exact) mass is 225 g/mol. The molecule has 1 unspecified atom stereocenters. The molecule has 0 N–H and O–H groups in total. The van der Waals surface area contributed by atoms with E-state index in [0.29, 0.717) is 5.78 Å². The van der Waals surface area contributed by atoms with E-state index in [-0.39, 0.29) is 5.92 Å². The first-order valence-corrected chi connectivity index (χ1v) is 6.22. The van der Waals surface area contributed by atoms with Crippen molar-refractivity contribution in [3.05, 3.63) is 42.1 Å². The van der Waals surface area contributed by atoms with E-state index < -0.39 is 0 Å². The first-order valence-electron chi connectivity index (χ1n) is 6.22. The van der Waals surface area contributed by atoms with Gasteiger partial charge in [0, 0.05) is 23.9 Å². The number of nitrogens with zero attached hydrogens (tertiary/aromatic N) is 1. The van der Waals surface area contributed by atoms with Crippen LogP contribution in [-0.4, -0.2) is 10.8 Å². The fourth-order valence-electron chi connectivity index (χ4n) is 2.65. The average Bonchev–Trinajstić information content (AvgIpc) is 2.39. The first-order chi connectivity index (χ1) is 8.34. The highest BCUT2D eigenvalue weighted by Crippen LogP contribution is 2.31. The van der Waals surface area contributed by atoms with Gasteiger partial charge in [0.05, 0.1) is 5.52 Å². The molecule has 1 saturated carbocycles. The fraction of sp³-hybridized carbons (Fsp3) is 0.333. The number of carbonyl (C=O) groups is 1. The largest absolute Gasteiger partial charge is 0.299 e. The summed E-state index contributed by atoms with van der Waals surface area (Å²) in [6.45, 7) is 0. The summed E-state index contributed by atoms with van der Waals surface area (Å²) in [6.07, 6.45) is 5.78. The summed E-state index contributed by atoms with van der Waals surface area (Å²) in [5, 5.41) is 1.13. The minimum absolute atomic E-state index is 0.119. The molecule has 2 heteroatoms. The van der Waals surface area contributed by atoms with Crippen LogP contribution in [0, 0.1) is 0 Å². The van der Waals surface area contributed by atoms with Gasteiger partial charge in [0.1, 0.15) is 5.78 Å². The number of rotatable bonds is 1. The highest BCUT2D eigenvalue weighted by molar-refractivity contribution is 5.88. The van der Waals surface area contributed by atoms with Crippen molar-refractivity contribution in [2.75, 3.05) is 0 Å². The SMILES string of the molecule is O=C1CCCCC1c1ccc2ncccc2c1. The number of Topliss-reactive ketones (excluding diaryl/α,β-unsaturated/α-hetero) is 1. The van der Waals surface area contributed by atoms with Crippen LogP contribution in [0.4, 0.5) is 0 Å². The van der Waals surface area contributed by atoms with E-state index in [2.05, 4.69) is 23.2 Å². The summed E-state index contributed by atoms with van der Waals surface area (Å²) in [5.41, 5.74) is 2.16. The molecule has 0 radical (unpaired) electrons. The Balaban J connectivity index is 2.02. The zero-order valence-corrected chi connectivity index (χ0v) is 9.73. The van der Waals surface area contributed by atoms with Gasteiger partial charge < -0.3 is 0 Å². The third-order valence-electron chi connectivity index (χ3n) is 3.58. The number of hydrogen-bond donors (Lipinski definition) is 0. The smallest absolute Gasteiger partial charge is 0.140 e. The average molecular weight is 225 g/mol. The number of benzene rings is 1. The number of pyridine rings is 1. The fourth-order valence-corrected chi connectivity index (χ4v) is 2.65. The van der Waals surface area contributed by atoms with Crippen LogP contribution in [-0.2, 0) is 4.79 Å². The van der Waals surface area contributed by atoms with Crippen LogP contribution in [0.25, 0.3) is 10.9 Å². The highest BCUT2D eigenvalue weighted by atomic mass is 16.1. The van der Waals surface area contributed by atoms with E-state index in [0.717, 1.165) is 35.7 Å². The van der Waals surface area contributed by atoms with E-state index >= 15 is 0 Å². The van der Waals surface area contributed by atoms with Gasteiger partial charge in [-0.05, 0) is 36.6 Å². The number of fused-ring (bicyclic) bond motifs is 1. The zero-order chi connectivity index (χ0) is 11.7. The van der Waals surface area contributed by atoms with E-state index in [9.17, 15) is 4.79 Å². The molecule has 1 aliphatic carbocycles. The molecule has 86 valence electrons. The van der Waals surface area contributed by atoms with E-state index in [4.69, 9.17) is 0 Å². The van der Waals surface area contributed by atoms with Crippen LogP contribution in [0.15, 0.2) is 36.5 Å². The molecule has 1 aromatic heterocycles. The minimum atomic E-state index is 0.119. The number of hydrogen-bond acceptors (Lipinski definition) is 2. The maximum Gasteiger partial charge on any atom is 0.140 e. The predicted octanol–water partition coefficient (Wildman–Crippen LogP) is 3.46. The molecule has 1 atom stereocenters. The van der Waals surface area contributed by atoms with Gasteiger partial charge in [-0.3, -0.25) is 9.78 Å². The van der Waals surface area contributed by atoms with E-state index in [1.807, 2.05) is 12.1 Å². The van der Waals surface area contributed by atoms with Gasteiger partial charge in [-0.2, -0.15) is 0 Å². The maximum atomic E-state index is 11.9. The predicted molar refractivity (Wildman–Crippen MR) is 68.0 cm³/mol. The van der Waals surface area contributed by atoms with Crippen molar-refractivity contribution in [3.63, 3.8) is 0 Å². The van der Waals surface area contributed by atoms with Crippen molar-refractivity contribution >= 4 is 16.7 Å². The Morgan fingerprint density at radius 2 is 2.12 bits per heavy atom. The Morgan fingerprint density at radius 1 is 1.18 bits per heavy atom. The molecule has 0 spiro atoms. The second kappa shape index (κ2) is 4.28. The molecule has 1 fully saturated rings. The van der Waals surface area contributed by atoms with Gasteiger partial charge in [0.25, 0.3) is 0 Å². The molecule has 17 heavy (non-hydrogen) atoms. The lowest BCUT2D eigenvalue weighted by molar-refractivity contribution is -0.121. The summed E-state index contributed by atoms with van der Waals surface area (Å²) in [7, 11) is 0. The van der Waals surface area contributed by atoms with Crippen LogP contribution in [0.3, 0.4) is 0 Å². The third-order valence-corrected chi connectivity index (χ3v) is 3.58. The molecule has 1 aliphatic rings. The van der Waals surface area contributed by atoms with Crippen molar-refractivity contribution in [2.24, 2.45) is 0 Å². The van der Waals surface area contributed by atoms with Gasteiger partial charge in [-0.15, -0.1) is 0 Å². The molecule has 2 aromatic rings. The van der Waals surface area contributed by atoms with Gasteiger partial charge in [0.2, 0.25) is 0 Å². The standard InChI is InChI=1S/C15H15NO/c17-15-6-2-1-5-13(15)11-7-8-14-12(10-11)4-3-9-16-14/h3-4,7-10,13H,1-2,5-6H2. The summed E-state index contributed by atoms with van der Waals surface area (Å²) < 4.78 is 0. The van der Waals surface area contributed by atoms with Crippen LogP contribution in [0.5, 0.6) is 0 Å². The lowest BCUT2D eigenvalue weighted by Crippen LogP contribution is -2.16. The molecule has 1 aromatic carbocycles. The second-order valence-electron chi connectivity index (χ2n) is 4.72. The molecule has 2 nitrogen and oxygen atoms in total. The van der Waals surface area contributed by atoms with Crippen LogP contribution >= 0.6 is 0 Å². The topological polar surface area (TPSA) is 30.0 Å². The van der Waals surface area contributed by atoms with E-state index in [1.54, 1.807) is 6.20 Å². The molecular formula is C15H15NO. The van der Waals surface area contributed by atoms with Gasteiger partial charge in [0.15, 0.2) is 0 Å². The molecule has 0 aliphatic heterocycles. The summed E-state index contributed by atoms with van der Waals surface area (Å²) in [5.74, 6) is 0.521. The zero-order valence-electron chi connectivity index (χ0n) is 9.73. The Labute approximate surface area is 101 Å². The highest BCUT2D eigenvalue weighted by Gasteiger charge is 2.23. The van der Waals surface area contributed by atoms with Crippen molar-refractivity contribution in [1.29, 1.82) is 0 Å². The Kier molecular flexibility index (Phi) is 2.63. The van der Waals surface area contributed by atoms with Crippen molar-refractivity contribution in [2.45, 2.75) is 31.6 Å². The van der Waals surface area contributed by atoms with E-state index in [1.165, 1.54) is 6.42 Å². The van der Waals surface area contributed by atoms with Crippen molar-refractivity contribution < 1.29 is 4.79 Å². The third kappa shape index (κ3) is 1.95. The van der Waals surface area contributed by atoms with Crippen LogP contribution in [0.2, 0.25) is 0 Å². The Hall–Kier alpha value is -1.70. The maximum absolute atomic E-state index is 11.9. The normalized spacial score (nSPS) is 20.7. The molecule has 0 saturated heterocycles. The lowest BCUT2D eigenvalue weighted by atomic mass is 9.82. The number of ketones is 1.